The Morgan fingerprint density at radius 1 is 1.05 bits per heavy atom. The zero-order valence-electron chi connectivity index (χ0n) is 11.4. The van der Waals surface area contributed by atoms with Crippen LogP contribution >= 0.6 is 43.6 Å². The second kappa shape index (κ2) is 6.98. The third kappa shape index (κ3) is 3.62. The minimum Gasteiger partial charge on any atom is -0.272 e. The van der Waals surface area contributed by atoms with Gasteiger partial charge in [-0.1, -0.05) is 56.1 Å². The summed E-state index contributed by atoms with van der Waals surface area (Å²) in [4.78, 5) is 12.1. The van der Waals surface area contributed by atoms with Gasteiger partial charge in [-0.2, -0.15) is 5.10 Å². The molecule has 0 saturated carbocycles. The Morgan fingerprint density at radius 2 is 1.64 bits per heavy atom. The number of nitrogens with zero attached hydrogens (tertiary/aromatic N) is 2. The first kappa shape index (κ1) is 15.8. The van der Waals surface area contributed by atoms with Crippen LogP contribution in [-0.4, -0.2) is 22.9 Å². The molecule has 0 aliphatic carbocycles. The Kier molecular flexibility index (Phi) is 5.00. The molecular formula is C16H12Br2N2OS. The minimum absolute atomic E-state index is 0.0336. The van der Waals surface area contributed by atoms with Gasteiger partial charge >= 0.3 is 0 Å². The second-order valence-corrected chi connectivity index (χ2v) is 7.65. The molecule has 0 spiro atoms. The fraction of sp³-hybridized carbons (Fsp3) is 0.125. The summed E-state index contributed by atoms with van der Waals surface area (Å²) in [6.07, 6.45) is 1.72. The van der Waals surface area contributed by atoms with Crippen LogP contribution in [0.15, 0.2) is 62.6 Å². The van der Waals surface area contributed by atoms with Crippen molar-refractivity contribution in [3.63, 3.8) is 0 Å². The summed E-state index contributed by atoms with van der Waals surface area (Å²) in [7, 11) is 0. The predicted molar refractivity (Wildman–Crippen MR) is 97.9 cm³/mol. The highest BCUT2D eigenvalue weighted by molar-refractivity contribution is 9.10. The molecule has 0 aromatic heterocycles. The van der Waals surface area contributed by atoms with E-state index in [4.69, 9.17) is 0 Å². The normalized spacial score (nSPS) is 18.4. The second-order valence-electron chi connectivity index (χ2n) is 4.75. The number of carbonyl (C=O) groups excluding carboxylic acids is 1. The monoisotopic (exact) mass is 438 g/mol. The highest BCUT2D eigenvalue weighted by Gasteiger charge is 2.32. The van der Waals surface area contributed by atoms with E-state index in [9.17, 15) is 4.79 Å². The molecule has 112 valence electrons. The molecule has 22 heavy (non-hydrogen) atoms. The average Bonchev–Trinajstić information content (AvgIpc) is 2.89. The molecule has 3 rings (SSSR count). The first-order valence-corrected chi connectivity index (χ1v) is 9.25. The van der Waals surface area contributed by atoms with Crippen molar-refractivity contribution in [2.75, 3.05) is 5.75 Å². The van der Waals surface area contributed by atoms with E-state index in [2.05, 4.69) is 37.0 Å². The predicted octanol–water partition coefficient (Wildman–Crippen LogP) is 4.82. The van der Waals surface area contributed by atoms with Crippen molar-refractivity contribution in [3.05, 3.63) is 68.6 Å². The molecule has 1 saturated heterocycles. The van der Waals surface area contributed by atoms with E-state index in [0.29, 0.717) is 5.75 Å². The van der Waals surface area contributed by atoms with Gasteiger partial charge in [0, 0.05) is 8.95 Å². The largest absolute Gasteiger partial charge is 0.272 e. The van der Waals surface area contributed by atoms with Crippen LogP contribution in [0, 0.1) is 0 Å². The quantitative estimate of drug-likeness (QED) is 0.642. The number of hydrogen-bond acceptors (Lipinski definition) is 3. The Labute approximate surface area is 150 Å². The Bertz CT molecular complexity index is 701. The van der Waals surface area contributed by atoms with Crippen molar-refractivity contribution in [3.8, 4) is 0 Å². The summed E-state index contributed by atoms with van der Waals surface area (Å²) in [5.41, 5.74) is 2.04. The van der Waals surface area contributed by atoms with E-state index in [-0.39, 0.29) is 11.3 Å². The minimum atomic E-state index is -0.0627. The van der Waals surface area contributed by atoms with Crippen molar-refractivity contribution in [2.45, 2.75) is 5.37 Å². The Balaban J connectivity index is 1.81. The number of carbonyl (C=O) groups is 1. The molecule has 1 amide bonds. The molecule has 2 aromatic carbocycles. The fourth-order valence-electron chi connectivity index (χ4n) is 2.09. The van der Waals surface area contributed by atoms with Crippen LogP contribution in [0.4, 0.5) is 0 Å². The molecule has 6 heteroatoms. The molecule has 1 atom stereocenters. The maximum Gasteiger partial charge on any atom is 0.254 e. The van der Waals surface area contributed by atoms with Gasteiger partial charge in [-0.25, -0.2) is 5.01 Å². The highest BCUT2D eigenvalue weighted by Crippen LogP contribution is 2.39. The zero-order chi connectivity index (χ0) is 15.5. The molecule has 0 bridgehead atoms. The van der Waals surface area contributed by atoms with Crippen LogP contribution in [0.2, 0.25) is 0 Å². The van der Waals surface area contributed by atoms with Crippen molar-refractivity contribution in [1.82, 2.24) is 5.01 Å². The summed E-state index contributed by atoms with van der Waals surface area (Å²) < 4.78 is 2.04. The third-order valence-corrected chi connectivity index (χ3v) is 5.46. The van der Waals surface area contributed by atoms with Gasteiger partial charge in [0.05, 0.1) is 12.0 Å². The summed E-state index contributed by atoms with van der Waals surface area (Å²) in [6, 6.07) is 15.8. The smallest absolute Gasteiger partial charge is 0.254 e. The van der Waals surface area contributed by atoms with Gasteiger partial charge in [0.15, 0.2) is 0 Å². The van der Waals surface area contributed by atoms with Gasteiger partial charge in [0.25, 0.3) is 5.91 Å². The van der Waals surface area contributed by atoms with Gasteiger partial charge in [0.2, 0.25) is 0 Å². The molecule has 1 heterocycles. The molecule has 0 radical (unpaired) electrons. The molecule has 1 fully saturated rings. The van der Waals surface area contributed by atoms with Crippen LogP contribution in [0.1, 0.15) is 16.5 Å². The standard InChI is InChI=1S/C16H12Br2N2OS/c17-13-5-1-11(2-6-13)9-19-20-15(21)10-22-16(20)12-3-7-14(18)8-4-12/h1-9,16H,10H2/b19-9+. The molecule has 1 aliphatic rings. The SMILES string of the molecule is O=C1CSC(c2ccc(Br)cc2)N1/N=C/c1ccc(Br)cc1. The van der Waals surface area contributed by atoms with Crippen LogP contribution in [0.3, 0.4) is 0 Å². The lowest BCUT2D eigenvalue weighted by Crippen LogP contribution is -2.22. The van der Waals surface area contributed by atoms with Gasteiger partial charge in [-0.3, -0.25) is 4.79 Å². The number of thioether (sulfide) groups is 1. The van der Waals surface area contributed by atoms with E-state index in [1.54, 1.807) is 23.0 Å². The lowest BCUT2D eigenvalue weighted by atomic mass is 10.2. The molecule has 1 unspecified atom stereocenters. The van der Waals surface area contributed by atoms with Gasteiger partial charge in [0.1, 0.15) is 5.37 Å². The summed E-state index contributed by atoms with van der Waals surface area (Å²) in [5.74, 6) is 0.490. The average molecular weight is 440 g/mol. The molecule has 2 aromatic rings. The topological polar surface area (TPSA) is 32.7 Å². The van der Waals surface area contributed by atoms with Crippen molar-refractivity contribution < 1.29 is 4.79 Å². The number of hydrogen-bond donors (Lipinski definition) is 0. The summed E-state index contributed by atoms with van der Waals surface area (Å²) in [5, 5.41) is 5.90. The number of rotatable bonds is 3. The third-order valence-electron chi connectivity index (χ3n) is 3.20. The van der Waals surface area contributed by atoms with Gasteiger partial charge in [-0.05, 0) is 35.4 Å². The van der Waals surface area contributed by atoms with Gasteiger partial charge < -0.3 is 0 Å². The number of halogens is 2. The van der Waals surface area contributed by atoms with E-state index in [0.717, 1.165) is 20.1 Å². The van der Waals surface area contributed by atoms with E-state index >= 15 is 0 Å². The first-order chi connectivity index (χ1) is 10.6. The fourth-order valence-corrected chi connectivity index (χ4v) is 3.71. The number of amides is 1. The van der Waals surface area contributed by atoms with Gasteiger partial charge in [-0.15, -0.1) is 11.8 Å². The van der Waals surface area contributed by atoms with Crippen LogP contribution < -0.4 is 0 Å². The number of benzene rings is 2. The summed E-state index contributed by atoms with van der Waals surface area (Å²) >= 11 is 8.42. The van der Waals surface area contributed by atoms with Crippen LogP contribution in [0.25, 0.3) is 0 Å². The Hall–Kier alpha value is -1.11. The van der Waals surface area contributed by atoms with Crippen LogP contribution in [-0.2, 0) is 4.79 Å². The molecule has 3 nitrogen and oxygen atoms in total. The maximum absolute atomic E-state index is 12.1. The van der Waals surface area contributed by atoms with E-state index < -0.39 is 0 Å². The highest BCUT2D eigenvalue weighted by atomic mass is 79.9. The summed E-state index contributed by atoms with van der Waals surface area (Å²) in [6.45, 7) is 0. The molecule has 1 aliphatic heterocycles. The van der Waals surface area contributed by atoms with E-state index in [1.807, 2.05) is 48.5 Å². The van der Waals surface area contributed by atoms with Crippen molar-refractivity contribution in [2.24, 2.45) is 5.10 Å². The van der Waals surface area contributed by atoms with E-state index in [1.165, 1.54) is 0 Å². The van der Waals surface area contributed by atoms with Crippen molar-refractivity contribution >= 4 is 55.7 Å². The molecular weight excluding hydrogens is 428 g/mol. The van der Waals surface area contributed by atoms with Crippen LogP contribution in [0.5, 0.6) is 0 Å². The first-order valence-electron chi connectivity index (χ1n) is 6.62. The lowest BCUT2D eigenvalue weighted by molar-refractivity contribution is -0.128. The zero-order valence-corrected chi connectivity index (χ0v) is 15.4. The molecule has 0 N–H and O–H groups in total. The Morgan fingerprint density at radius 3 is 2.27 bits per heavy atom. The maximum atomic E-state index is 12.1. The number of hydrazone groups is 1. The lowest BCUT2D eigenvalue weighted by Gasteiger charge is -2.18. The van der Waals surface area contributed by atoms with Crippen molar-refractivity contribution in [1.29, 1.82) is 0 Å².